The van der Waals surface area contributed by atoms with Gasteiger partial charge in [-0.25, -0.2) is 4.98 Å². The number of ether oxygens (including phenoxy) is 2. The molecule has 112 valence electrons. The number of fused-ring (bicyclic) bond motifs is 1. The summed E-state index contributed by atoms with van der Waals surface area (Å²) in [7, 11) is 0. The molecule has 0 fully saturated rings. The monoisotopic (exact) mass is 294 g/mol. The lowest BCUT2D eigenvalue weighted by Crippen LogP contribution is -2.03. The van der Waals surface area contributed by atoms with Crippen molar-refractivity contribution in [3.8, 4) is 11.6 Å². The second kappa shape index (κ2) is 6.89. The Morgan fingerprint density at radius 3 is 2.59 bits per heavy atom. The molecule has 4 nitrogen and oxygen atoms in total. The first-order valence-electron chi connectivity index (χ1n) is 7.41. The Labute approximate surface area is 129 Å². The Balaban J connectivity index is 1.57. The van der Waals surface area contributed by atoms with Gasteiger partial charge in [-0.2, -0.15) is 0 Å². The van der Waals surface area contributed by atoms with Crippen molar-refractivity contribution in [2.45, 2.75) is 13.3 Å². The fourth-order valence-corrected chi connectivity index (χ4v) is 2.21. The van der Waals surface area contributed by atoms with E-state index in [-0.39, 0.29) is 0 Å². The van der Waals surface area contributed by atoms with Gasteiger partial charge in [0.15, 0.2) is 0 Å². The van der Waals surface area contributed by atoms with Crippen molar-refractivity contribution < 1.29 is 9.47 Å². The van der Waals surface area contributed by atoms with E-state index in [4.69, 9.17) is 9.47 Å². The number of rotatable bonds is 6. The quantitative estimate of drug-likeness (QED) is 0.696. The molecule has 3 rings (SSSR count). The van der Waals surface area contributed by atoms with Gasteiger partial charge in [-0.1, -0.05) is 12.1 Å². The van der Waals surface area contributed by atoms with Crippen LogP contribution in [0.25, 0.3) is 11.0 Å². The van der Waals surface area contributed by atoms with Crippen LogP contribution >= 0.6 is 0 Å². The molecular weight excluding hydrogens is 276 g/mol. The zero-order valence-electron chi connectivity index (χ0n) is 12.5. The van der Waals surface area contributed by atoms with Crippen LogP contribution in [0.15, 0.2) is 54.7 Å². The molecule has 22 heavy (non-hydrogen) atoms. The maximum atomic E-state index is 5.73. The highest BCUT2D eigenvalue weighted by molar-refractivity contribution is 5.74. The zero-order valence-corrected chi connectivity index (χ0v) is 12.5. The summed E-state index contributed by atoms with van der Waals surface area (Å²) in [5, 5.41) is 0. The van der Waals surface area contributed by atoms with Crippen molar-refractivity contribution in [3.63, 3.8) is 0 Å². The summed E-state index contributed by atoms with van der Waals surface area (Å²) >= 11 is 0. The van der Waals surface area contributed by atoms with Crippen molar-refractivity contribution in [2.24, 2.45) is 0 Å². The predicted octanol–water partition coefficient (Wildman–Crippen LogP) is 3.65. The molecule has 3 aromatic rings. The molecule has 0 aliphatic rings. The smallest absolute Gasteiger partial charge is 0.213 e. The molecule has 0 aliphatic carbocycles. The van der Waals surface area contributed by atoms with Crippen LogP contribution < -0.4 is 9.47 Å². The van der Waals surface area contributed by atoms with Crippen LogP contribution in [0.3, 0.4) is 0 Å². The van der Waals surface area contributed by atoms with Gasteiger partial charge in [0.1, 0.15) is 5.75 Å². The lowest BCUT2D eigenvalue weighted by Gasteiger charge is -2.07. The fraction of sp³-hybridized carbons (Fsp3) is 0.222. The third-order valence-electron chi connectivity index (χ3n) is 3.31. The van der Waals surface area contributed by atoms with Crippen LogP contribution in [-0.4, -0.2) is 23.2 Å². The third kappa shape index (κ3) is 3.52. The highest BCUT2D eigenvalue weighted by atomic mass is 16.5. The van der Waals surface area contributed by atoms with E-state index in [1.165, 1.54) is 5.56 Å². The first-order valence-corrected chi connectivity index (χ1v) is 7.41. The molecule has 1 aromatic carbocycles. The Morgan fingerprint density at radius 2 is 1.77 bits per heavy atom. The second-order valence-corrected chi connectivity index (χ2v) is 4.87. The fourth-order valence-electron chi connectivity index (χ4n) is 2.21. The van der Waals surface area contributed by atoms with Gasteiger partial charge < -0.3 is 9.47 Å². The van der Waals surface area contributed by atoms with Crippen LogP contribution in [0.5, 0.6) is 11.6 Å². The molecular formula is C18H18N2O2. The Hall–Kier alpha value is -2.62. The van der Waals surface area contributed by atoms with Crippen LogP contribution in [0.1, 0.15) is 12.5 Å². The number of nitrogens with zero attached hydrogens (tertiary/aromatic N) is 2. The van der Waals surface area contributed by atoms with Gasteiger partial charge in [0.2, 0.25) is 5.88 Å². The second-order valence-electron chi connectivity index (χ2n) is 4.87. The Bertz CT molecular complexity index is 741. The summed E-state index contributed by atoms with van der Waals surface area (Å²) in [4.78, 5) is 8.68. The van der Waals surface area contributed by atoms with Crippen molar-refractivity contribution in [3.05, 3.63) is 60.3 Å². The molecule has 0 bridgehead atoms. The van der Waals surface area contributed by atoms with Gasteiger partial charge in [0.05, 0.1) is 24.2 Å². The first-order chi connectivity index (χ1) is 10.8. The number of hydrogen-bond acceptors (Lipinski definition) is 4. The molecule has 0 atom stereocenters. The van der Waals surface area contributed by atoms with E-state index in [0.29, 0.717) is 19.1 Å². The summed E-state index contributed by atoms with van der Waals surface area (Å²) in [6.45, 7) is 3.26. The van der Waals surface area contributed by atoms with Crippen molar-refractivity contribution in [1.29, 1.82) is 0 Å². The first kappa shape index (κ1) is 14.3. The van der Waals surface area contributed by atoms with E-state index in [1.54, 1.807) is 6.20 Å². The normalized spacial score (nSPS) is 10.6. The van der Waals surface area contributed by atoms with Crippen molar-refractivity contribution in [2.75, 3.05) is 13.2 Å². The van der Waals surface area contributed by atoms with Crippen LogP contribution in [-0.2, 0) is 6.42 Å². The van der Waals surface area contributed by atoms with E-state index in [2.05, 4.69) is 22.1 Å². The maximum absolute atomic E-state index is 5.73. The zero-order chi connectivity index (χ0) is 15.2. The number of pyridine rings is 2. The topological polar surface area (TPSA) is 44.2 Å². The average molecular weight is 294 g/mol. The van der Waals surface area contributed by atoms with Crippen molar-refractivity contribution >= 4 is 11.0 Å². The third-order valence-corrected chi connectivity index (χ3v) is 3.31. The standard InChI is InChI=1S/C18H18N2O2/c1-2-21-15-7-5-14(6-8-15)11-13-22-18-10-9-16-17(20-18)4-3-12-19-16/h3-10,12H,2,11,13H2,1H3. The van der Waals surface area contributed by atoms with Crippen LogP contribution in [0, 0.1) is 0 Å². The van der Waals surface area contributed by atoms with E-state index < -0.39 is 0 Å². The van der Waals surface area contributed by atoms with Gasteiger partial charge in [-0.05, 0) is 42.8 Å². The molecule has 0 saturated heterocycles. The SMILES string of the molecule is CCOc1ccc(CCOc2ccc3ncccc3n2)cc1. The van der Waals surface area contributed by atoms with Gasteiger partial charge in [0, 0.05) is 18.7 Å². The van der Waals surface area contributed by atoms with Gasteiger partial charge in [0.25, 0.3) is 0 Å². The minimum absolute atomic E-state index is 0.590. The molecule has 4 heteroatoms. The number of hydrogen-bond donors (Lipinski definition) is 0. The van der Waals surface area contributed by atoms with Gasteiger partial charge in [-0.3, -0.25) is 4.98 Å². The molecule has 0 radical (unpaired) electrons. The maximum Gasteiger partial charge on any atom is 0.213 e. The van der Waals surface area contributed by atoms with E-state index in [1.807, 2.05) is 43.3 Å². The minimum Gasteiger partial charge on any atom is -0.494 e. The summed E-state index contributed by atoms with van der Waals surface area (Å²) in [5.41, 5.74) is 2.94. The molecule has 0 aliphatic heterocycles. The predicted molar refractivity (Wildman–Crippen MR) is 86.3 cm³/mol. The summed E-state index contributed by atoms with van der Waals surface area (Å²) in [6, 6.07) is 15.7. The number of aromatic nitrogens is 2. The van der Waals surface area contributed by atoms with Crippen LogP contribution in [0.2, 0.25) is 0 Å². The molecule has 0 amide bonds. The largest absolute Gasteiger partial charge is 0.494 e. The molecule has 2 aromatic heterocycles. The van der Waals surface area contributed by atoms with E-state index >= 15 is 0 Å². The lowest BCUT2D eigenvalue weighted by molar-refractivity contribution is 0.310. The van der Waals surface area contributed by atoms with Gasteiger partial charge in [-0.15, -0.1) is 0 Å². The molecule has 0 saturated carbocycles. The highest BCUT2D eigenvalue weighted by Crippen LogP contribution is 2.15. The summed E-state index contributed by atoms with van der Waals surface area (Å²) in [5.74, 6) is 1.53. The molecule has 2 heterocycles. The van der Waals surface area contributed by atoms with E-state index in [0.717, 1.165) is 23.2 Å². The van der Waals surface area contributed by atoms with Crippen molar-refractivity contribution in [1.82, 2.24) is 9.97 Å². The van der Waals surface area contributed by atoms with Gasteiger partial charge >= 0.3 is 0 Å². The number of benzene rings is 1. The average Bonchev–Trinajstić information content (AvgIpc) is 2.57. The molecule has 0 N–H and O–H groups in total. The highest BCUT2D eigenvalue weighted by Gasteiger charge is 2.00. The minimum atomic E-state index is 0.590. The van der Waals surface area contributed by atoms with Crippen LogP contribution in [0.4, 0.5) is 0 Å². The Morgan fingerprint density at radius 1 is 0.909 bits per heavy atom. The molecule has 0 unspecified atom stereocenters. The van der Waals surface area contributed by atoms with E-state index in [9.17, 15) is 0 Å². The lowest BCUT2D eigenvalue weighted by atomic mass is 10.1. The summed E-state index contributed by atoms with van der Waals surface area (Å²) in [6.07, 6.45) is 2.59. The Kier molecular flexibility index (Phi) is 4.49. The molecule has 0 spiro atoms. The summed E-state index contributed by atoms with van der Waals surface area (Å²) < 4.78 is 11.2.